The summed E-state index contributed by atoms with van der Waals surface area (Å²) in [6.45, 7) is 3.75. The molecular formula is C12H12O4. The lowest BCUT2D eigenvalue weighted by molar-refractivity contribution is -0.133. The van der Waals surface area contributed by atoms with Crippen LogP contribution in [0.1, 0.15) is 16.7 Å². The van der Waals surface area contributed by atoms with Crippen molar-refractivity contribution in [3.63, 3.8) is 0 Å². The zero-order valence-electron chi connectivity index (χ0n) is 9.02. The first-order chi connectivity index (χ1) is 7.41. The normalized spacial score (nSPS) is 11.2. The molecule has 4 nitrogen and oxygen atoms in total. The fraction of sp³-hybridized carbons (Fsp3) is 0.167. The van der Waals surface area contributed by atoms with E-state index in [4.69, 9.17) is 10.2 Å². The number of aliphatic carboxylic acids is 2. The van der Waals surface area contributed by atoms with Gasteiger partial charge >= 0.3 is 11.9 Å². The van der Waals surface area contributed by atoms with Crippen LogP contribution in [0.4, 0.5) is 0 Å². The van der Waals surface area contributed by atoms with E-state index in [0.29, 0.717) is 11.6 Å². The molecule has 0 aromatic heterocycles. The number of rotatable bonds is 3. The monoisotopic (exact) mass is 220 g/mol. The molecule has 0 radical (unpaired) electrons. The molecule has 0 bridgehead atoms. The zero-order chi connectivity index (χ0) is 12.3. The van der Waals surface area contributed by atoms with Gasteiger partial charge in [0.25, 0.3) is 0 Å². The predicted octanol–water partition coefficient (Wildman–Crippen LogP) is 1.86. The summed E-state index contributed by atoms with van der Waals surface area (Å²) in [5, 5.41) is 17.5. The van der Waals surface area contributed by atoms with Gasteiger partial charge in [0.2, 0.25) is 0 Å². The second kappa shape index (κ2) is 4.61. The van der Waals surface area contributed by atoms with Crippen molar-refractivity contribution in [1.82, 2.24) is 0 Å². The lowest BCUT2D eigenvalue weighted by Gasteiger charge is -2.05. The molecule has 0 unspecified atom stereocenters. The van der Waals surface area contributed by atoms with Gasteiger partial charge < -0.3 is 10.2 Å². The predicted molar refractivity (Wildman–Crippen MR) is 59.2 cm³/mol. The highest BCUT2D eigenvalue weighted by Crippen LogP contribution is 2.18. The number of carboxylic acid groups (broad SMARTS) is 2. The number of hydrogen-bond acceptors (Lipinski definition) is 2. The number of carboxylic acids is 2. The third-order valence-corrected chi connectivity index (χ3v) is 2.32. The molecule has 84 valence electrons. The molecule has 4 heteroatoms. The van der Waals surface area contributed by atoms with Crippen molar-refractivity contribution in [3.05, 3.63) is 41.0 Å². The number of hydrogen-bond donors (Lipinski definition) is 2. The molecule has 16 heavy (non-hydrogen) atoms. The Bertz CT molecular complexity index is 472. The molecule has 1 aromatic carbocycles. The summed E-state index contributed by atoms with van der Waals surface area (Å²) in [4.78, 5) is 21.4. The smallest absolute Gasteiger partial charge is 0.336 e. The summed E-state index contributed by atoms with van der Waals surface area (Å²) in [6, 6.07) is 5.03. The number of aryl methyl sites for hydroxylation is 2. The first-order valence-corrected chi connectivity index (χ1v) is 4.67. The molecule has 2 N–H and O–H groups in total. The van der Waals surface area contributed by atoms with Gasteiger partial charge in [0.05, 0.1) is 5.57 Å². The number of carbonyl (C=O) groups is 2. The topological polar surface area (TPSA) is 74.6 Å². The molecule has 0 aliphatic rings. The van der Waals surface area contributed by atoms with Crippen molar-refractivity contribution >= 4 is 17.5 Å². The van der Waals surface area contributed by atoms with Gasteiger partial charge in [0.15, 0.2) is 0 Å². The maximum absolute atomic E-state index is 10.9. The van der Waals surface area contributed by atoms with Crippen LogP contribution in [0.5, 0.6) is 0 Å². The molecule has 0 saturated carbocycles. The van der Waals surface area contributed by atoms with Gasteiger partial charge in [-0.15, -0.1) is 0 Å². The van der Waals surface area contributed by atoms with Crippen molar-refractivity contribution in [3.8, 4) is 0 Å². The zero-order valence-corrected chi connectivity index (χ0v) is 9.02. The largest absolute Gasteiger partial charge is 0.478 e. The molecule has 0 fully saturated rings. The first kappa shape index (κ1) is 12.0. The van der Waals surface area contributed by atoms with Crippen molar-refractivity contribution < 1.29 is 19.8 Å². The highest BCUT2D eigenvalue weighted by atomic mass is 16.4. The Morgan fingerprint density at radius 1 is 1.12 bits per heavy atom. The minimum absolute atomic E-state index is 0.212. The Kier molecular flexibility index (Phi) is 3.45. The molecule has 0 atom stereocenters. The highest BCUT2D eigenvalue weighted by Gasteiger charge is 2.12. The average Bonchev–Trinajstić information content (AvgIpc) is 2.18. The Balaban J connectivity index is 3.27. The van der Waals surface area contributed by atoms with E-state index in [2.05, 4.69) is 0 Å². The summed E-state index contributed by atoms with van der Waals surface area (Å²) >= 11 is 0. The molecule has 0 heterocycles. The SMILES string of the molecule is Cc1ccc(/C(=C/C(=O)O)C(=O)O)cc1C. The van der Waals surface area contributed by atoms with E-state index in [-0.39, 0.29) is 5.57 Å². The Hall–Kier alpha value is -2.10. The lowest BCUT2D eigenvalue weighted by Crippen LogP contribution is -2.03. The molecule has 0 amide bonds. The molecular weight excluding hydrogens is 208 g/mol. The van der Waals surface area contributed by atoms with Crippen molar-refractivity contribution in [1.29, 1.82) is 0 Å². The van der Waals surface area contributed by atoms with E-state index in [0.717, 1.165) is 11.1 Å². The fourth-order valence-corrected chi connectivity index (χ4v) is 1.30. The third kappa shape index (κ3) is 2.70. The standard InChI is InChI=1S/C12H12O4/c1-7-3-4-9(5-8(7)2)10(12(15)16)6-11(13)14/h3-6H,1-2H3,(H,13,14)(H,15,16)/b10-6-. The van der Waals surface area contributed by atoms with E-state index in [9.17, 15) is 9.59 Å². The van der Waals surface area contributed by atoms with E-state index in [1.54, 1.807) is 18.2 Å². The molecule has 0 saturated heterocycles. The fourth-order valence-electron chi connectivity index (χ4n) is 1.30. The van der Waals surface area contributed by atoms with Crippen molar-refractivity contribution in [2.75, 3.05) is 0 Å². The first-order valence-electron chi connectivity index (χ1n) is 4.67. The second-order valence-electron chi connectivity index (χ2n) is 3.50. The summed E-state index contributed by atoms with van der Waals surface area (Å²) in [7, 11) is 0. The van der Waals surface area contributed by atoms with Crippen molar-refractivity contribution in [2.45, 2.75) is 13.8 Å². The molecule has 1 rings (SSSR count). The molecule has 1 aromatic rings. The van der Waals surface area contributed by atoms with Gasteiger partial charge in [0, 0.05) is 6.08 Å². The molecule has 0 aliphatic heterocycles. The van der Waals surface area contributed by atoms with Crippen molar-refractivity contribution in [2.24, 2.45) is 0 Å². The average molecular weight is 220 g/mol. The van der Waals surface area contributed by atoms with Crippen LogP contribution < -0.4 is 0 Å². The lowest BCUT2D eigenvalue weighted by atomic mass is 10.0. The summed E-state index contributed by atoms with van der Waals surface area (Å²) in [5.41, 5.74) is 2.15. The Labute approximate surface area is 92.8 Å². The van der Waals surface area contributed by atoms with Crippen LogP contribution >= 0.6 is 0 Å². The summed E-state index contributed by atoms with van der Waals surface area (Å²) < 4.78 is 0. The summed E-state index contributed by atoms with van der Waals surface area (Å²) in [5.74, 6) is -2.51. The number of benzene rings is 1. The highest BCUT2D eigenvalue weighted by molar-refractivity contribution is 6.19. The van der Waals surface area contributed by atoms with Gasteiger partial charge in [0.1, 0.15) is 0 Å². The van der Waals surface area contributed by atoms with Crippen LogP contribution in [-0.2, 0) is 9.59 Å². The van der Waals surface area contributed by atoms with Gasteiger partial charge in [-0.3, -0.25) is 0 Å². The van der Waals surface area contributed by atoms with Gasteiger partial charge in [-0.2, -0.15) is 0 Å². The van der Waals surface area contributed by atoms with E-state index in [1.165, 1.54) is 0 Å². The third-order valence-electron chi connectivity index (χ3n) is 2.32. The Morgan fingerprint density at radius 3 is 2.19 bits per heavy atom. The minimum Gasteiger partial charge on any atom is -0.478 e. The second-order valence-corrected chi connectivity index (χ2v) is 3.50. The van der Waals surface area contributed by atoms with Crippen LogP contribution in [0.25, 0.3) is 5.57 Å². The van der Waals surface area contributed by atoms with Crippen LogP contribution in [0.15, 0.2) is 24.3 Å². The minimum atomic E-state index is -1.27. The van der Waals surface area contributed by atoms with Gasteiger partial charge in [-0.1, -0.05) is 18.2 Å². The van der Waals surface area contributed by atoms with Crippen LogP contribution in [0.2, 0.25) is 0 Å². The maximum Gasteiger partial charge on any atom is 0.336 e. The molecule has 0 aliphatic carbocycles. The maximum atomic E-state index is 10.9. The molecule has 0 spiro atoms. The van der Waals surface area contributed by atoms with Crippen LogP contribution in [0.3, 0.4) is 0 Å². The summed E-state index contributed by atoms with van der Waals surface area (Å²) in [6.07, 6.45) is 0.701. The van der Waals surface area contributed by atoms with E-state index < -0.39 is 11.9 Å². The van der Waals surface area contributed by atoms with E-state index >= 15 is 0 Å². The van der Waals surface area contributed by atoms with Gasteiger partial charge in [-0.05, 0) is 30.5 Å². The van der Waals surface area contributed by atoms with Gasteiger partial charge in [-0.25, -0.2) is 9.59 Å². The van der Waals surface area contributed by atoms with Crippen LogP contribution in [-0.4, -0.2) is 22.2 Å². The Morgan fingerprint density at radius 2 is 1.75 bits per heavy atom. The quantitative estimate of drug-likeness (QED) is 0.762. The van der Waals surface area contributed by atoms with E-state index in [1.807, 2.05) is 13.8 Å². The van der Waals surface area contributed by atoms with Crippen LogP contribution in [0, 0.1) is 13.8 Å².